The van der Waals surface area contributed by atoms with E-state index in [0.717, 1.165) is 29.0 Å². The molecule has 0 aliphatic heterocycles. The first-order valence-electron chi connectivity index (χ1n) is 7.50. The van der Waals surface area contributed by atoms with Crippen molar-refractivity contribution in [2.24, 2.45) is 0 Å². The van der Waals surface area contributed by atoms with E-state index in [9.17, 15) is 0 Å². The molecule has 2 aromatic heterocycles. The smallest absolute Gasteiger partial charge is 0.144 e. The number of imidazole rings is 1. The van der Waals surface area contributed by atoms with Crippen LogP contribution in [-0.4, -0.2) is 33.0 Å². The van der Waals surface area contributed by atoms with Crippen LogP contribution >= 0.6 is 0 Å². The topological polar surface area (TPSA) is 44.9 Å². The number of methoxy groups -OCH3 is 1. The van der Waals surface area contributed by atoms with Crippen molar-refractivity contribution in [1.29, 1.82) is 0 Å². The molecule has 0 unspecified atom stereocenters. The summed E-state index contributed by atoms with van der Waals surface area (Å²) in [6, 6.07) is 8.18. The molecule has 5 heteroatoms. The predicted octanol–water partition coefficient (Wildman–Crippen LogP) is 3.30. The highest BCUT2D eigenvalue weighted by atomic mass is 16.5. The van der Waals surface area contributed by atoms with E-state index in [1.54, 1.807) is 7.11 Å². The zero-order valence-electron chi connectivity index (χ0n) is 13.6. The summed E-state index contributed by atoms with van der Waals surface area (Å²) in [4.78, 5) is 4.79. The molecule has 2 heterocycles. The Morgan fingerprint density at radius 2 is 1.95 bits per heavy atom. The lowest BCUT2D eigenvalue weighted by atomic mass is 10.1. The molecule has 0 spiro atoms. The molecule has 0 bridgehead atoms. The van der Waals surface area contributed by atoms with Crippen molar-refractivity contribution in [2.75, 3.05) is 13.7 Å². The third-order valence-corrected chi connectivity index (χ3v) is 3.70. The van der Waals surface area contributed by atoms with Gasteiger partial charge in [-0.15, -0.1) is 0 Å². The standard InChI is InChI=1S/C17H22N4O/c1-17(2,3)21-12-13(11-18-21)16-19-14-7-5-6-8-15(14)20(16)9-10-22-4/h5-8,11-12H,9-10H2,1-4H3. The summed E-state index contributed by atoms with van der Waals surface area (Å²) in [5.41, 5.74) is 3.11. The van der Waals surface area contributed by atoms with Gasteiger partial charge in [-0.25, -0.2) is 4.98 Å². The van der Waals surface area contributed by atoms with Crippen LogP contribution in [0, 0.1) is 0 Å². The number of rotatable bonds is 4. The highest BCUT2D eigenvalue weighted by molar-refractivity contribution is 5.80. The molecule has 5 nitrogen and oxygen atoms in total. The normalized spacial score (nSPS) is 12.2. The lowest BCUT2D eigenvalue weighted by molar-refractivity contribution is 0.188. The Morgan fingerprint density at radius 3 is 2.64 bits per heavy atom. The summed E-state index contributed by atoms with van der Waals surface area (Å²) >= 11 is 0. The van der Waals surface area contributed by atoms with Gasteiger partial charge in [-0.05, 0) is 32.9 Å². The number of ether oxygens (including phenoxy) is 1. The second kappa shape index (κ2) is 5.57. The van der Waals surface area contributed by atoms with Crippen molar-refractivity contribution >= 4 is 11.0 Å². The average Bonchev–Trinajstić information content (AvgIpc) is 3.09. The van der Waals surface area contributed by atoms with Crippen molar-refractivity contribution in [3.05, 3.63) is 36.7 Å². The van der Waals surface area contributed by atoms with Crippen LogP contribution < -0.4 is 0 Å². The van der Waals surface area contributed by atoms with Crippen LogP contribution in [0.4, 0.5) is 0 Å². The van der Waals surface area contributed by atoms with Crippen molar-refractivity contribution in [2.45, 2.75) is 32.9 Å². The Labute approximate surface area is 130 Å². The van der Waals surface area contributed by atoms with Gasteiger partial charge in [0.2, 0.25) is 0 Å². The van der Waals surface area contributed by atoms with Gasteiger partial charge in [0.15, 0.2) is 0 Å². The largest absolute Gasteiger partial charge is 0.383 e. The van der Waals surface area contributed by atoms with Crippen LogP contribution in [0.25, 0.3) is 22.4 Å². The maximum atomic E-state index is 5.24. The molecule has 3 aromatic rings. The molecular weight excluding hydrogens is 276 g/mol. The van der Waals surface area contributed by atoms with Gasteiger partial charge in [0.05, 0.1) is 34.9 Å². The average molecular weight is 298 g/mol. The van der Waals surface area contributed by atoms with Crippen LogP contribution in [0.5, 0.6) is 0 Å². The zero-order valence-corrected chi connectivity index (χ0v) is 13.6. The molecule has 22 heavy (non-hydrogen) atoms. The fourth-order valence-electron chi connectivity index (χ4n) is 2.51. The summed E-state index contributed by atoms with van der Waals surface area (Å²) in [5, 5.41) is 4.49. The van der Waals surface area contributed by atoms with Gasteiger partial charge in [-0.1, -0.05) is 12.1 Å². The molecule has 116 valence electrons. The molecule has 0 saturated heterocycles. The number of aromatic nitrogens is 4. The van der Waals surface area contributed by atoms with E-state index in [-0.39, 0.29) is 5.54 Å². The molecular formula is C17H22N4O. The molecule has 0 atom stereocenters. The lowest BCUT2D eigenvalue weighted by Crippen LogP contribution is -2.21. The van der Waals surface area contributed by atoms with E-state index in [0.29, 0.717) is 6.61 Å². The van der Waals surface area contributed by atoms with E-state index < -0.39 is 0 Å². The van der Waals surface area contributed by atoms with Crippen molar-refractivity contribution in [3.63, 3.8) is 0 Å². The van der Waals surface area contributed by atoms with Crippen molar-refractivity contribution in [1.82, 2.24) is 19.3 Å². The maximum Gasteiger partial charge on any atom is 0.144 e. The summed E-state index contributed by atoms with van der Waals surface area (Å²) in [7, 11) is 1.72. The van der Waals surface area contributed by atoms with Crippen molar-refractivity contribution < 1.29 is 4.74 Å². The van der Waals surface area contributed by atoms with E-state index in [4.69, 9.17) is 9.72 Å². The molecule has 0 saturated carbocycles. The van der Waals surface area contributed by atoms with Crippen molar-refractivity contribution in [3.8, 4) is 11.4 Å². The number of hydrogen-bond donors (Lipinski definition) is 0. The lowest BCUT2D eigenvalue weighted by Gasteiger charge is -2.18. The van der Waals surface area contributed by atoms with Gasteiger partial charge in [-0.2, -0.15) is 5.10 Å². The Morgan fingerprint density at radius 1 is 1.18 bits per heavy atom. The molecule has 0 N–H and O–H groups in total. The number of para-hydroxylation sites is 2. The third kappa shape index (κ3) is 2.64. The highest BCUT2D eigenvalue weighted by Crippen LogP contribution is 2.26. The summed E-state index contributed by atoms with van der Waals surface area (Å²) < 4.78 is 9.42. The summed E-state index contributed by atoms with van der Waals surface area (Å²) in [6.45, 7) is 7.83. The first-order chi connectivity index (χ1) is 10.5. The molecule has 0 aliphatic rings. The minimum atomic E-state index is -0.0401. The first-order valence-corrected chi connectivity index (χ1v) is 7.50. The van der Waals surface area contributed by atoms with Gasteiger partial charge >= 0.3 is 0 Å². The Bertz CT molecular complexity index is 779. The van der Waals surface area contributed by atoms with Gasteiger partial charge in [-0.3, -0.25) is 4.68 Å². The minimum absolute atomic E-state index is 0.0401. The third-order valence-electron chi connectivity index (χ3n) is 3.70. The summed E-state index contributed by atoms with van der Waals surface area (Å²) in [5.74, 6) is 0.939. The van der Waals surface area contributed by atoms with E-state index in [2.05, 4.69) is 42.7 Å². The Kier molecular flexibility index (Phi) is 3.74. The number of benzene rings is 1. The van der Waals surface area contributed by atoms with Crippen LogP contribution in [0.3, 0.4) is 0 Å². The van der Waals surface area contributed by atoms with Crippen LogP contribution in [0.1, 0.15) is 20.8 Å². The Hall–Kier alpha value is -2.14. The van der Waals surface area contributed by atoms with Crippen LogP contribution in [0.15, 0.2) is 36.7 Å². The Balaban J connectivity index is 2.11. The number of nitrogens with zero attached hydrogens (tertiary/aromatic N) is 4. The quantitative estimate of drug-likeness (QED) is 0.742. The predicted molar refractivity (Wildman–Crippen MR) is 87.8 cm³/mol. The van der Waals surface area contributed by atoms with Crippen LogP contribution in [-0.2, 0) is 16.8 Å². The zero-order chi connectivity index (χ0) is 15.7. The molecule has 0 aliphatic carbocycles. The molecule has 0 amide bonds. The fourth-order valence-corrected chi connectivity index (χ4v) is 2.51. The van der Waals surface area contributed by atoms with Gasteiger partial charge in [0.25, 0.3) is 0 Å². The molecule has 3 rings (SSSR count). The summed E-state index contributed by atoms with van der Waals surface area (Å²) in [6.07, 6.45) is 3.94. The first kappa shape index (κ1) is 14.8. The second-order valence-corrected chi connectivity index (χ2v) is 6.41. The van der Waals surface area contributed by atoms with Gasteiger partial charge in [0, 0.05) is 19.9 Å². The van der Waals surface area contributed by atoms with Gasteiger partial charge < -0.3 is 9.30 Å². The van der Waals surface area contributed by atoms with E-state index >= 15 is 0 Å². The molecule has 1 aromatic carbocycles. The molecule has 0 fully saturated rings. The fraction of sp³-hybridized carbons (Fsp3) is 0.412. The minimum Gasteiger partial charge on any atom is -0.383 e. The monoisotopic (exact) mass is 298 g/mol. The van der Waals surface area contributed by atoms with Crippen LogP contribution in [0.2, 0.25) is 0 Å². The highest BCUT2D eigenvalue weighted by Gasteiger charge is 2.18. The van der Waals surface area contributed by atoms with Gasteiger partial charge in [0.1, 0.15) is 5.82 Å². The van der Waals surface area contributed by atoms with E-state index in [1.807, 2.05) is 29.1 Å². The maximum absolute atomic E-state index is 5.24. The number of hydrogen-bond acceptors (Lipinski definition) is 3. The van der Waals surface area contributed by atoms with E-state index in [1.165, 1.54) is 0 Å². The number of fused-ring (bicyclic) bond motifs is 1. The molecule has 0 radical (unpaired) electrons. The second-order valence-electron chi connectivity index (χ2n) is 6.41. The SMILES string of the molecule is COCCn1c(-c2cnn(C(C)(C)C)c2)nc2ccccc21.